The molecule has 1 aliphatic heterocycles. The second kappa shape index (κ2) is 9.58. The van der Waals surface area contributed by atoms with Crippen LogP contribution in [0, 0.1) is 0 Å². The Kier molecular flexibility index (Phi) is 6.34. The van der Waals surface area contributed by atoms with E-state index in [9.17, 15) is 18.3 Å². The zero-order valence-electron chi connectivity index (χ0n) is 19.1. The number of aromatic nitrogens is 1. The van der Waals surface area contributed by atoms with Crippen LogP contribution in [0.2, 0.25) is 0 Å². The molecule has 0 saturated carbocycles. The first-order valence-electron chi connectivity index (χ1n) is 11.8. The number of nitrogens with one attached hydrogen (secondary N) is 1. The van der Waals surface area contributed by atoms with E-state index in [0.717, 1.165) is 37.3 Å². The van der Waals surface area contributed by atoms with Crippen LogP contribution in [-0.4, -0.2) is 33.8 Å². The van der Waals surface area contributed by atoms with E-state index in [4.69, 9.17) is 4.99 Å². The summed E-state index contributed by atoms with van der Waals surface area (Å²) >= 11 is 0. The summed E-state index contributed by atoms with van der Waals surface area (Å²) in [5.41, 5.74) is 2.94. The topological polar surface area (TPSA) is 51.6 Å². The molecule has 1 fully saturated rings. The molecular weight excluding hydrogens is 451 g/mol. The van der Waals surface area contributed by atoms with Crippen LogP contribution in [-0.2, 0) is 12.7 Å². The van der Waals surface area contributed by atoms with E-state index in [0.29, 0.717) is 22.3 Å². The number of hydrogen-bond donors (Lipinski definition) is 2. The second-order valence-electron chi connectivity index (χ2n) is 8.94. The fraction of sp³-hybridized carbons (Fsp3) is 0.250. The average molecular weight is 478 g/mol. The molecule has 0 atom stereocenters. The lowest BCUT2D eigenvalue weighted by atomic mass is 10.00. The first kappa shape index (κ1) is 23.2. The number of hydrogen-bond acceptors (Lipinski definition) is 3. The van der Waals surface area contributed by atoms with Crippen LogP contribution in [0.1, 0.15) is 41.5 Å². The van der Waals surface area contributed by atoms with E-state index in [1.807, 2.05) is 42.5 Å². The lowest BCUT2D eigenvalue weighted by Gasteiger charge is -2.26. The Bertz CT molecular complexity index is 1340. The lowest BCUT2D eigenvalue weighted by molar-refractivity contribution is -0.137. The Morgan fingerprint density at radius 1 is 0.914 bits per heavy atom. The minimum absolute atomic E-state index is 0.202. The highest BCUT2D eigenvalue weighted by Crippen LogP contribution is 2.36. The molecule has 3 aromatic carbocycles. The number of aromatic amines is 1. The number of halogens is 3. The van der Waals surface area contributed by atoms with Crippen LogP contribution >= 0.6 is 0 Å². The van der Waals surface area contributed by atoms with Crippen molar-refractivity contribution in [3.05, 3.63) is 95.1 Å². The molecule has 2 N–H and O–H groups in total. The predicted molar refractivity (Wildman–Crippen MR) is 132 cm³/mol. The third-order valence-electron chi connectivity index (χ3n) is 6.42. The monoisotopic (exact) mass is 477 g/mol. The van der Waals surface area contributed by atoms with Crippen LogP contribution < -0.4 is 0 Å². The number of rotatable bonds is 5. The molecule has 0 bridgehead atoms. The van der Waals surface area contributed by atoms with Gasteiger partial charge in [-0.05, 0) is 55.8 Å². The van der Waals surface area contributed by atoms with Crippen molar-refractivity contribution >= 4 is 22.3 Å². The Balaban J connectivity index is 1.54. The number of H-pyrrole nitrogens is 1. The van der Waals surface area contributed by atoms with E-state index in [2.05, 4.69) is 22.0 Å². The maximum atomic E-state index is 13.2. The summed E-state index contributed by atoms with van der Waals surface area (Å²) in [7, 11) is 0. The molecule has 1 saturated heterocycles. The summed E-state index contributed by atoms with van der Waals surface area (Å²) in [5.74, 6) is -0.219. The first-order valence-corrected chi connectivity index (χ1v) is 11.8. The molecule has 1 aromatic heterocycles. The fourth-order valence-corrected chi connectivity index (χ4v) is 4.64. The van der Waals surface area contributed by atoms with Gasteiger partial charge in [-0.3, -0.25) is 4.90 Å². The molecule has 180 valence electrons. The Labute approximate surface area is 201 Å². The first-order chi connectivity index (χ1) is 16.9. The molecule has 4 nitrogen and oxygen atoms in total. The number of benzene rings is 3. The summed E-state index contributed by atoms with van der Waals surface area (Å²) in [6.45, 7) is 3.14. The van der Waals surface area contributed by atoms with Gasteiger partial charge in [0, 0.05) is 23.0 Å². The fourth-order valence-electron chi connectivity index (χ4n) is 4.64. The van der Waals surface area contributed by atoms with Crippen molar-refractivity contribution in [2.45, 2.75) is 32.0 Å². The minimum atomic E-state index is -4.47. The van der Waals surface area contributed by atoms with Crippen LogP contribution in [0.3, 0.4) is 0 Å². The minimum Gasteiger partial charge on any atom is -0.494 e. The Morgan fingerprint density at radius 3 is 2.31 bits per heavy atom. The smallest absolute Gasteiger partial charge is 0.416 e. The molecule has 7 heteroatoms. The molecule has 0 unspecified atom stereocenters. The van der Waals surface area contributed by atoms with Gasteiger partial charge >= 0.3 is 6.18 Å². The van der Waals surface area contributed by atoms with Crippen molar-refractivity contribution in [3.8, 4) is 5.88 Å². The predicted octanol–water partition coefficient (Wildman–Crippen LogP) is 7.05. The van der Waals surface area contributed by atoms with Crippen molar-refractivity contribution < 1.29 is 18.3 Å². The molecular formula is C28H26F3N3O. The van der Waals surface area contributed by atoms with Crippen LogP contribution in [0.15, 0.2) is 77.8 Å². The van der Waals surface area contributed by atoms with Gasteiger partial charge in [0.2, 0.25) is 0 Å². The summed E-state index contributed by atoms with van der Waals surface area (Å²) in [6.07, 6.45) is -0.700. The number of fused-ring (bicyclic) bond motifs is 1. The molecule has 5 rings (SSSR count). The van der Waals surface area contributed by atoms with E-state index < -0.39 is 11.7 Å². The van der Waals surface area contributed by atoms with Crippen molar-refractivity contribution in [1.82, 2.24) is 9.88 Å². The van der Waals surface area contributed by atoms with Crippen LogP contribution in [0.4, 0.5) is 18.9 Å². The highest BCUT2D eigenvalue weighted by Gasteiger charge is 2.31. The van der Waals surface area contributed by atoms with Crippen LogP contribution in [0.5, 0.6) is 5.88 Å². The largest absolute Gasteiger partial charge is 0.494 e. The van der Waals surface area contributed by atoms with Crippen LogP contribution in [0.25, 0.3) is 10.9 Å². The van der Waals surface area contributed by atoms with Gasteiger partial charge < -0.3 is 10.1 Å². The lowest BCUT2D eigenvalue weighted by Crippen LogP contribution is -2.28. The van der Waals surface area contributed by atoms with E-state index >= 15 is 0 Å². The third kappa shape index (κ3) is 5.10. The zero-order valence-corrected chi connectivity index (χ0v) is 19.1. The zero-order chi connectivity index (χ0) is 24.4. The molecule has 0 aliphatic carbocycles. The van der Waals surface area contributed by atoms with E-state index in [1.165, 1.54) is 30.9 Å². The molecule has 4 aromatic rings. The summed E-state index contributed by atoms with van der Waals surface area (Å²) < 4.78 is 39.6. The van der Waals surface area contributed by atoms with Gasteiger partial charge in [0.15, 0.2) is 5.88 Å². The van der Waals surface area contributed by atoms with Crippen molar-refractivity contribution in [3.63, 3.8) is 0 Å². The van der Waals surface area contributed by atoms with Crippen molar-refractivity contribution in [2.75, 3.05) is 13.1 Å². The number of aliphatic imine (C=N–C) groups is 1. The summed E-state index contributed by atoms with van der Waals surface area (Å²) in [4.78, 5) is 10.00. The molecule has 0 spiro atoms. The van der Waals surface area contributed by atoms with E-state index in [1.54, 1.807) is 0 Å². The molecule has 2 heterocycles. The van der Waals surface area contributed by atoms with Crippen molar-refractivity contribution in [1.29, 1.82) is 0 Å². The number of aromatic hydroxyl groups is 1. The molecule has 35 heavy (non-hydrogen) atoms. The number of piperidine rings is 1. The third-order valence-corrected chi connectivity index (χ3v) is 6.42. The average Bonchev–Trinajstić information content (AvgIpc) is 3.19. The molecule has 0 amide bonds. The van der Waals surface area contributed by atoms with Gasteiger partial charge in [0.1, 0.15) is 0 Å². The summed E-state index contributed by atoms with van der Waals surface area (Å²) in [5, 5.41) is 11.2. The van der Waals surface area contributed by atoms with Gasteiger partial charge in [0.05, 0.1) is 22.5 Å². The highest BCUT2D eigenvalue weighted by molar-refractivity contribution is 6.21. The maximum Gasteiger partial charge on any atom is 0.416 e. The van der Waals surface area contributed by atoms with Gasteiger partial charge in [0.25, 0.3) is 0 Å². The quantitative estimate of drug-likeness (QED) is 0.303. The normalized spacial score (nSPS) is 15.6. The number of likely N-dealkylation sites (tertiary alicyclic amines) is 1. The summed E-state index contributed by atoms with van der Waals surface area (Å²) in [6, 6.07) is 20.7. The maximum absolute atomic E-state index is 13.2. The number of alkyl halides is 3. The molecule has 1 aliphatic rings. The van der Waals surface area contributed by atoms with Gasteiger partial charge in [-0.25, -0.2) is 4.99 Å². The highest BCUT2D eigenvalue weighted by atomic mass is 19.4. The number of nitrogens with zero attached hydrogens (tertiary/aromatic N) is 2. The van der Waals surface area contributed by atoms with Gasteiger partial charge in [-0.15, -0.1) is 0 Å². The Morgan fingerprint density at radius 2 is 1.63 bits per heavy atom. The Hall–Kier alpha value is -3.58. The van der Waals surface area contributed by atoms with Gasteiger partial charge in [-0.1, -0.05) is 55.0 Å². The SMILES string of the molecule is Oc1[nH]c2cc(C(F)(F)F)ccc2c1C(=Nc1ccc(CN2CCCCC2)cc1)c1ccccc1. The van der Waals surface area contributed by atoms with Crippen molar-refractivity contribution in [2.24, 2.45) is 4.99 Å². The standard InChI is InChI=1S/C28H26F3N3O/c29-28(30,31)21-11-14-23-24(17-21)33-27(35)25(23)26(20-7-3-1-4-8-20)32-22-12-9-19(10-13-22)18-34-15-5-2-6-16-34/h1,3-4,7-14,17,33,35H,2,5-6,15-16,18H2. The van der Waals surface area contributed by atoms with E-state index in [-0.39, 0.29) is 11.4 Å². The second-order valence-corrected chi connectivity index (χ2v) is 8.94. The van der Waals surface area contributed by atoms with Gasteiger partial charge in [-0.2, -0.15) is 13.2 Å². The molecule has 0 radical (unpaired) electrons.